The maximum Gasteiger partial charge on any atom is 0.0876 e. The first-order valence-electron chi connectivity index (χ1n) is 7.46. The maximum absolute atomic E-state index is 5.67. The van der Waals surface area contributed by atoms with Crippen LogP contribution < -0.4 is 0 Å². The molecule has 1 heterocycles. The maximum atomic E-state index is 5.67. The van der Waals surface area contributed by atoms with Gasteiger partial charge in [-0.05, 0) is 19.3 Å². The molecule has 0 aromatic carbocycles. The van der Waals surface area contributed by atoms with Gasteiger partial charge < -0.3 is 4.74 Å². The van der Waals surface area contributed by atoms with Gasteiger partial charge in [0.15, 0.2) is 0 Å². The van der Waals surface area contributed by atoms with E-state index in [1.54, 1.807) is 0 Å². The second-order valence-corrected chi connectivity index (χ2v) is 5.02. The Kier molecular flexibility index (Phi) is 8.58. The third-order valence-corrected chi connectivity index (χ3v) is 3.36. The van der Waals surface area contributed by atoms with E-state index in [2.05, 4.69) is 31.7 Å². The summed E-state index contributed by atoms with van der Waals surface area (Å²) in [6.07, 6.45) is 21.6. The zero-order chi connectivity index (χ0) is 13.1. The van der Waals surface area contributed by atoms with E-state index in [4.69, 9.17) is 4.74 Å². The number of allylic oxidation sites excluding steroid dienone is 4. The summed E-state index contributed by atoms with van der Waals surface area (Å²) in [5, 5.41) is 0. The molecule has 0 N–H and O–H groups in total. The first-order chi connectivity index (χ1) is 8.88. The Bertz CT molecular complexity index is 265. The molecular weight excluding hydrogens is 220 g/mol. The first-order valence-corrected chi connectivity index (χ1v) is 7.46. The van der Waals surface area contributed by atoms with Crippen LogP contribution in [-0.2, 0) is 4.74 Å². The molecule has 0 aliphatic carbocycles. The van der Waals surface area contributed by atoms with Crippen molar-refractivity contribution in [1.29, 1.82) is 0 Å². The topological polar surface area (TPSA) is 12.5 Å². The van der Waals surface area contributed by atoms with Gasteiger partial charge in [-0.15, -0.1) is 0 Å². The second-order valence-electron chi connectivity index (χ2n) is 5.02. The lowest BCUT2D eigenvalue weighted by molar-refractivity contribution is 0.358. The molecule has 1 rings (SSSR count). The van der Waals surface area contributed by atoms with Gasteiger partial charge in [-0.25, -0.2) is 0 Å². The van der Waals surface area contributed by atoms with Gasteiger partial charge in [0, 0.05) is 0 Å². The first kappa shape index (κ1) is 15.2. The molecule has 1 saturated heterocycles. The average molecular weight is 248 g/mol. The predicted octanol–water partition coefficient (Wildman–Crippen LogP) is 5.19. The van der Waals surface area contributed by atoms with Crippen molar-refractivity contribution in [2.45, 2.75) is 70.5 Å². The van der Waals surface area contributed by atoms with E-state index in [1.807, 2.05) is 12.2 Å². The molecule has 102 valence electrons. The summed E-state index contributed by atoms with van der Waals surface area (Å²) >= 11 is 0. The largest absolute Gasteiger partial charge is 0.369 e. The Balaban J connectivity index is 1.90. The molecule has 0 saturated carbocycles. The fourth-order valence-electron chi connectivity index (χ4n) is 2.17. The van der Waals surface area contributed by atoms with Gasteiger partial charge in [0.25, 0.3) is 0 Å². The molecule has 0 radical (unpaired) electrons. The van der Waals surface area contributed by atoms with Crippen molar-refractivity contribution in [3.05, 3.63) is 37.0 Å². The summed E-state index contributed by atoms with van der Waals surface area (Å²) in [5.41, 5.74) is 0. The molecule has 0 aromatic rings. The van der Waals surface area contributed by atoms with Crippen LogP contribution in [0.1, 0.15) is 58.3 Å². The molecular formula is C17H28O. The average Bonchev–Trinajstić information content (AvgIpc) is 3.12. The summed E-state index contributed by atoms with van der Waals surface area (Å²) in [5.74, 6) is 0. The van der Waals surface area contributed by atoms with Crippen molar-refractivity contribution in [1.82, 2.24) is 0 Å². The molecule has 1 fully saturated rings. The highest BCUT2D eigenvalue weighted by molar-refractivity contribution is 5.02. The van der Waals surface area contributed by atoms with E-state index in [0.29, 0.717) is 12.2 Å². The van der Waals surface area contributed by atoms with Crippen molar-refractivity contribution in [3.63, 3.8) is 0 Å². The smallest absolute Gasteiger partial charge is 0.0876 e. The fraction of sp³-hybridized carbons (Fsp3) is 0.647. The Morgan fingerprint density at radius 2 is 1.83 bits per heavy atom. The standard InChI is InChI=1S/C17H28O/c1-3-5-7-9-11-13-15-17-16(18-17)14-12-10-8-6-4-2/h3,5,7,11,13,16-17H,1,4,6,8-10,12,14-15H2,2H3/b7-5-,13-11-. The number of epoxide rings is 1. The third-order valence-electron chi connectivity index (χ3n) is 3.36. The zero-order valence-electron chi connectivity index (χ0n) is 11.8. The van der Waals surface area contributed by atoms with Gasteiger partial charge in [-0.2, -0.15) is 0 Å². The number of unbranched alkanes of at least 4 members (excludes halogenated alkanes) is 4. The fourth-order valence-corrected chi connectivity index (χ4v) is 2.17. The SMILES string of the molecule is C=C/C=C\C/C=C\CC1OC1CCCCCCC. The molecule has 0 bridgehead atoms. The molecule has 1 nitrogen and oxygen atoms in total. The van der Waals surface area contributed by atoms with Gasteiger partial charge in [-0.3, -0.25) is 0 Å². The molecule has 0 amide bonds. The highest BCUT2D eigenvalue weighted by atomic mass is 16.6. The summed E-state index contributed by atoms with van der Waals surface area (Å²) in [7, 11) is 0. The van der Waals surface area contributed by atoms with Crippen LogP contribution >= 0.6 is 0 Å². The lowest BCUT2D eigenvalue weighted by Gasteiger charge is -1.97. The van der Waals surface area contributed by atoms with Crippen molar-refractivity contribution >= 4 is 0 Å². The minimum Gasteiger partial charge on any atom is -0.369 e. The lowest BCUT2D eigenvalue weighted by Crippen LogP contribution is -1.92. The van der Waals surface area contributed by atoms with Gasteiger partial charge in [0.1, 0.15) is 0 Å². The molecule has 2 atom stereocenters. The number of hydrogen-bond donors (Lipinski definition) is 0. The highest BCUT2D eigenvalue weighted by Gasteiger charge is 2.36. The zero-order valence-corrected chi connectivity index (χ0v) is 11.8. The third kappa shape index (κ3) is 7.50. The molecule has 0 aromatic heterocycles. The Hall–Kier alpha value is -0.820. The molecule has 2 unspecified atom stereocenters. The van der Waals surface area contributed by atoms with Crippen molar-refractivity contribution in [2.75, 3.05) is 0 Å². The van der Waals surface area contributed by atoms with Crippen molar-refractivity contribution in [2.24, 2.45) is 0 Å². The second kappa shape index (κ2) is 10.1. The lowest BCUT2D eigenvalue weighted by atomic mass is 10.1. The Labute approximate surface area is 113 Å². The summed E-state index contributed by atoms with van der Waals surface area (Å²) in [6, 6.07) is 0. The van der Waals surface area contributed by atoms with Crippen molar-refractivity contribution in [3.8, 4) is 0 Å². The van der Waals surface area contributed by atoms with E-state index in [1.165, 1.54) is 38.5 Å². The van der Waals surface area contributed by atoms with Crippen LogP contribution in [0.15, 0.2) is 37.0 Å². The van der Waals surface area contributed by atoms with Crippen LogP contribution in [0.2, 0.25) is 0 Å². The molecule has 0 spiro atoms. The number of ether oxygens (including phenoxy) is 1. The quantitative estimate of drug-likeness (QED) is 0.212. The Morgan fingerprint density at radius 1 is 1.00 bits per heavy atom. The summed E-state index contributed by atoms with van der Waals surface area (Å²) in [6.45, 7) is 5.90. The predicted molar refractivity (Wildman–Crippen MR) is 79.7 cm³/mol. The Morgan fingerprint density at radius 3 is 2.61 bits per heavy atom. The summed E-state index contributed by atoms with van der Waals surface area (Å²) in [4.78, 5) is 0. The minimum absolute atomic E-state index is 0.510. The monoisotopic (exact) mass is 248 g/mol. The molecule has 1 aliphatic rings. The van der Waals surface area contributed by atoms with Crippen LogP contribution in [0.3, 0.4) is 0 Å². The van der Waals surface area contributed by atoms with E-state index < -0.39 is 0 Å². The molecule has 18 heavy (non-hydrogen) atoms. The van der Waals surface area contributed by atoms with Gasteiger partial charge in [0.2, 0.25) is 0 Å². The molecule has 1 aliphatic heterocycles. The summed E-state index contributed by atoms with van der Waals surface area (Å²) < 4.78 is 5.67. The van der Waals surface area contributed by atoms with Crippen LogP contribution in [0.4, 0.5) is 0 Å². The highest BCUT2D eigenvalue weighted by Crippen LogP contribution is 2.30. The van der Waals surface area contributed by atoms with E-state index >= 15 is 0 Å². The van der Waals surface area contributed by atoms with Crippen LogP contribution in [0, 0.1) is 0 Å². The van der Waals surface area contributed by atoms with Crippen LogP contribution in [-0.4, -0.2) is 12.2 Å². The normalized spacial score (nSPS) is 22.9. The van der Waals surface area contributed by atoms with E-state index in [-0.39, 0.29) is 0 Å². The number of rotatable bonds is 11. The van der Waals surface area contributed by atoms with Gasteiger partial charge >= 0.3 is 0 Å². The van der Waals surface area contributed by atoms with E-state index in [9.17, 15) is 0 Å². The van der Waals surface area contributed by atoms with Crippen LogP contribution in [0.5, 0.6) is 0 Å². The molecule has 1 heteroatoms. The van der Waals surface area contributed by atoms with Gasteiger partial charge in [0.05, 0.1) is 12.2 Å². The number of hydrogen-bond acceptors (Lipinski definition) is 1. The van der Waals surface area contributed by atoms with E-state index in [0.717, 1.165) is 12.8 Å². The van der Waals surface area contributed by atoms with Crippen LogP contribution in [0.25, 0.3) is 0 Å². The minimum atomic E-state index is 0.510. The van der Waals surface area contributed by atoms with Gasteiger partial charge in [-0.1, -0.05) is 76.0 Å². The van der Waals surface area contributed by atoms with Crippen molar-refractivity contribution < 1.29 is 4.74 Å².